The number of nitrogens with two attached hydrogens (primary N) is 1. The SMILES string of the molecule is CCc1nc(CC(N)c2ccc(F)cc2)sc1C. The molecule has 2 N–H and O–H groups in total. The summed E-state index contributed by atoms with van der Waals surface area (Å²) in [6.07, 6.45) is 1.66. The molecule has 0 spiro atoms. The van der Waals surface area contributed by atoms with Crippen molar-refractivity contribution in [3.8, 4) is 0 Å². The molecular formula is C14H17FN2S. The summed E-state index contributed by atoms with van der Waals surface area (Å²) >= 11 is 1.70. The Morgan fingerprint density at radius 1 is 1.33 bits per heavy atom. The van der Waals surface area contributed by atoms with Crippen LogP contribution in [-0.4, -0.2) is 4.98 Å². The molecule has 1 atom stereocenters. The highest BCUT2D eigenvalue weighted by Gasteiger charge is 2.12. The van der Waals surface area contributed by atoms with Gasteiger partial charge in [0.25, 0.3) is 0 Å². The average molecular weight is 264 g/mol. The minimum Gasteiger partial charge on any atom is -0.324 e. The molecule has 0 amide bonds. The van der Waals surface area contributed by atoms with Gasteiger partial charge in [0.1, 0.15) is 5.82 Å². The van der Waals surface area contributed by atoms with Crippen LogP contribution in [0.3, 0.4) is 0 Å². The van der Waals surface area contributed by atoms with Crippen LogP contribution in [0.1, 0.15) is 34.1 Å². The van der Waals surface area contributed by atoms with E-state index in [0.717, 1.165) is 22.7 Å². The van der Waals surface area contributed by atoms with Crippen molar-refractivity contribution in [1.82, 2.24) is 4.98 Å². The lowest BCUT2D eigenvalue weighted by Gasteiger charge is -2.09. The Morgan fingerprint density at radius 2 is 2.00 bits per heavy atom. The van der Waals surface area contributed by atoms with Crippen LogP contribution in [0, 0.1) is 12.7 Å². The summed E-state index contributed by atoms with van der Waals surface area (Å²) < 4.78 is 12.8. The van der Waals surface area contributed by atoms with Crippen molar-refractivity contribution in [2.45, 2.75) is 32.7 Å². The van der Waals surface area contributed by atoms with Gasteiger partial charge in [-0.2, -0.15) is 0 Å². The topological polar surface area (TPSA) is 38.9 Å². The number of thiazole rings is 1. The van der Waals surface area contributed by atoms with E-state index in [1.165, 1.54) is 17.0 Å². The maximum absolute atomic E-state index is 12.8. The van der Waals surface area contributed by atoms with Crippen LogP contribution in [0.5, 0.6) is 0 Å². The molecule has 96 valence electrons. The van der Waals surface area contributed by atoms with Crippen LogP contribution in [0.4, 0.5) is 4.39 Å². The molecule has 0 aliphatic rings. The van der Waals surface area contributed by atoms with E-state index >= 15 is 0 Å². The number of rotatable bonds is 4. The van der Waals surface area contributed by atoms with E-state index in [-0.39, 0.29) is 11.9 Å². The van der Waals surface area contributed by atoms with E-state index in [0.29, 0.717) is 6.42 Å². The first kappa shape index (κ1) is 13.2. The van der Waals surface area contributed by atoms with Crippen LogP contribution in [-0.2, 0) is 12.8 Å². The van der Waals surface area contributed by atoms with Gasteiger partial charge in [-0.1, -0.05) is 19.1 Å². The molecule has 0 bridgehead atoms. The first-order valence-corrected chi connectivity index (χ1v) is 6.88. The molecule has 1 unspecified atom stereocenters. The van der Waals surface area contributed by atoms with Crippen LogP contribution >= 0.6 is 11.3 Å². The molecule has 0 saturated heterocycles. The van der Waals surface area contributed by atoms with Gasteiger partial charge < -0.3 is 5.73 Å². The molecule has 1 aromatic carbocycles. The van der Waals surface area contributed by atoms with Crippen LogP contribution < -0.4 is 5.73 Å². The van der Waals surface area contributed by atoms with Gasteiger partial charge in [-0.15, -0.1) is 11.3 Å². The Hall–Kier alpha value is -1.26. The first-order chi connectivity index (χ1) is 8.60. The molecule has 2 nitrogen and oxygen atoms in total. The number of aromatic nitrogens is 1. The van der Waals surface area contributed by atoms with Gasteiger partial charge >= 0.3 is 0 Å². The van der Waals surface area contributed by atoms with Crippen molar-refractivity contribution >= 4 is 11.3 Å². The average Bonchev–Trinajstić information content (AvgIpc) is 2.70. The van der Waals surface area contributed by atoms with Gasteiger partial charge in [-0.25, -0.2) is 9.37 Å². The van der Waals surface area contributed by atoms with Gasteiger partial charge in [0.05, 0.1) is 10.7 Å². The largest absolute Gasteiger partial charge is 0.324 e. The second kappa shape index (κ2) is 5.59. The lowest BCUT2D eigenvalue weighted by Crippen LogP contribution is -2.13. The summed E-state index contributed by atoms with van der Waals surface area (Å²) in [6, 6.07) is 6.24. The normalized spacial score (nSPS) is 12.7. The van der Waals surface area contributed by atoms with E-state index < -0.39 is 0 Å². The van der Waals surface area contributed by atoms with Crippen molar-refractivity contribution in [2.24, 2.45) is 5.73 Å². The summed E-state index contributed by atoms with van der Waals surface area (Å²) in [5.74, 6) is -0.232. The Morgan fingerprint density at radius 3 is 2.56 bits per heavy atom. The molecule has 0 aliphatic carbocycles. The summed E-state index contributed by atoms with van der Waals surface area (Å²) in [6.45, 7) is 4.19. The second-order valence-electron chi connectivity index (χ2n) is 4.33. The Bertz CT molecular complexity index is 519. The fourth-order valence-electron chi connectivity index (χ4n) is 1.92. The van der Waals surface area contributed by atoms with E-state index in [1.54, 1.807) is 23.5 Å². The number of hydrogen-bond donors (Lipinski definition) is 1. The third-order valence-corrected chi connectivity index (χ3v) is 4.00. The maximum Gasteiger partial charge on any atom is 0.123 e. The van der Waals surface area contributed by atoms with Gasteiger partial charge in [-0.05, 0) is 31.0 Å². The minimum atomic E-state index is -0.232. The summed E-state index contributed by atoms with van der Waals surface area (Å²) in [5.41, 5.74) is 8.22. The Kier molecular flexibility index (Phi) is 4.09. The zero-order chi connectivity index (χ0) is 13.1. The van der Waals surface area contributed by atoms with Crippen molar-refractivity contribution < 1.29 is 4.39 Å². The van der Waals surface area contributed by atoms with E-state index in [9.17, 15) is 4.39 Å². The van der Waals surface area contributed by atoms with Crippen LogP contribution in [0.15, 0.2) is 24.3 Å². The fourth-order valence-corrected chi connectivity index (χ4v) is 3.00. The summed E-state index contributed by atoms with van der Waals surface area (Å²) in [4.78, 5) is 5.84. The Labute approximate surface area is 111 Å². The van der Waals surface area contributed by atoms with Crippen molar-refractivity contribution in [2.75, 3.05) is 0 Å². The van der Waals surface area contributed by atoms with Gasteiger partial charge in [0.15, 0.2) is 0 Å². The molecule has 1 aromatic heterocycles. The molecule has 2 rings (SSSR count). The smallest absolute Gasteiger partial charge is 0.123 e. The van der Waals surface area contributed by atoms with Crippen molar-refractivity contribution in [1.29, 1.82) is 0 Å². The molecule has 0 radical (unpaired) electrons. The summed E-state index contributed by atoms with van der Waals surface area (Å²) in [5, 5.41) is 1.06. The number of halogens is 1. The van der Waals surface area contributed by atoms with Gasteiger partial charge in [-0.3, -0.25) is 0 Å². The van der Waals surface area contributed by atoms with E-state index in [1.807, 2.05) is 0 Å². The predicted molar refractivity (Wildman–Crippen MR) is 73.3 cm³/mol. The molecule has 18 heavy (non-hydrogen) atoms. The highest BCUT2D eigenvalue weighted by Crippen LogP contribution is 2.23. The number of nitrogens with zero attached hydrogens (tertiary/aromatic N) is 1. The predicted octanol–water partition coefficient (Wildman–Crippen LogP) is 3.40. The zero-order valence-corrected chi connectivity index (χ0v) is 11.4. The van der Waals surface area contributed by atoms with Gasteiger partial charge in [0.2, 0.25) is 0 Å². The third-order valence-electron chi connectivity index (χ3n) is 2.96. The number of aryl methyl sites for hydroxylation is 2. The molecule has 0 aliphatic heterocycles. The quantitative estimate of drug-likeness (QED) is 0.919. The number of benzene rings is 1. The zero-order valence-electron chi connectivity index (χ0n) is 10.6. The van der Waals surface area contributed by atoms with Crippen molar-refractivity contribution in [3.63, 3.8) is 0 Å². The summed E-state index contributed by atoms with van der Waals surface area (Å²) in [7, 11) is 0. The standard InChI is InChI=1S/C14H17FN2S/c1-3-13-9(2)18-14(17-13)8-12(16)10-4-6-11(15)7-5-10/h4-7,12H,3,8,16H2,1-2H3. The minimum absolute atomic E-state index is 0.124. The molecule has 0 saturated carbocycles. The lowest BCUT2D eigenvalue weighted by atomic mass is 10.1. The Balaban J connectivity index is 2.10. The molecule has 1 heterocycles. The monoisotopic (exact) mass is 264 g/mol. The first-order valence-electron chi connectivity index (χ1n) is 6.06. The highest BCUT2D eigenvalue weighted by molar-refractivity contribution is 7.11. The molecular weight excluding hydrogens is 247 g/mol. The van der Waals surface area contributed by atoms with Gasteiger partial charge in [0, 0.05) is 17.3 Å². The molecule has 4 heteroatoms. The maximum atomic E-state index is 12.8. The second-order valence-corrected chi connectivity index (χ2v) is 5.61. The highest BCUT2D eigenvalue weighted by atomic mass is 32.1. The van der Waals surface area contributed by atoms with E-state index in [4.69, 9.17) is 5.73 Å². The van der Waals surface area contributed by atoms with Crippen LogP contribution in [0.25, 0.3) is 0 Å². The fraction of sp³-hybridized carbons (Fsp3) is 0.357. The third kappa shape index (κ3) is 2.94. The van der Waals surface area contributed by atoms with E-state index in [2.05, 4.69) is 18.8 Å². The van der Waals surface area contributed by atoms with Crippen LogP contribution in [0.2, 0.25) is 0 Å². The molecule has 2 aromatic rings. The van der Waals surface area contributed by atoms with Crippen molar-refractivity contribution in [3.05, 3.63) is 51.2 Å². The lowest BCUT2D eigenvalue weighted by molar-refractivity contribution is 0.624. The number of hydrogen-bond acceptors (Lipinski definition) is 3. The molecule has 0 fully saturated rings.